The summed E-state index contributed by atoms with van der Waals surface area (Å²) in [5, 5.41) is 77.7. The zero-order valence-electron chi connectivity index (χ0n) is 26.8. The van der Waals surface area contributed by atoms with Crippen LogP contribution in [0, 0.1) is 5.92 Å². The Hall–Kier alpha value is -1.25. The highest BCUT2D eigenvalue weighted by Gasteiger charge is 2.58. The van der Waals surface area contributed by atoms with Gasteiger partial charge in [0.05, 0.1) is 43.1 Å². The fourth-order valence-electron chi connectivity index (χ4n) is 6.98. The number of aliphatic hydroxyl groups excluding tert-OH is 7. The van der Waals surface area contributed by atoms with Gasteiger partial charge < -0.3 is 99.1 Å². The van der Waals surface area contributed by atoms with Crippen LogP contribution in [0.5, 0.6) is 0 Å². The third-order valence-corrected chi connectivity index (χ3v) is 9.88. The Morgan fingerprint density at radius 1 is 0.854 bits per heavy atom. The minimum absolute atomic E-state index is 0.00921. The molecule has 4 fully saturated rings. The number of aliphatic hydroxyl groups is 7. The van der Waals surface area contributed by atoms with E-state index in [1.165, 1.54) is 0 Å². The van der Waals surface area contributed by atoms with Crippen molar-refractivity contribution in [1.82, 2.24) is 5.32 Å². The van der Waals surface area contributed by atoms with Crippen molar-refractivity contribution < 1.29 is 64.2 Å². The second kappa shape index (κ2) is 16.8. The van der Waals surface area contributed by atoms with E-state index in [0.717, 1.165) is 0 Å². The van der Waals surface area contributed by atoms with E-state index in [9.17, 15) is 40.5 Å². The van der Waals surface area contributed by atoms with Crippen LogP contribution >= 0.6 is 0 Å². The molecule has 20 nitrogen and oxygen atoms in total. The molecule has 48 heavy (non-hydrogen) atoms. The van der Waals surface area contributed by atoms with Gasteiger partial charge in [0.15, 0.2) is 12.6 Å². The lowest BCUT2D eigenvalue weighted by Crippen LogP contribution is -2.73. The van der Waals surface area contributed by atoms with E-state index in [2.05, 4.69) is 5.32 Å². The Balaban J connectivity index is 1.61. The van der Waals surface area contributed by atoms with E-state index >= 15 is 0 Å². The highest BCUT2D eigenvalue weighted by Crippen LogP contribution is 2.39. The molecule has 3 aliphatic heterocycles. The summed E-state index contributed by atoms with van der Waals surface area (Å²) < 4.78 is 29.8. The van der Waals surface area contributed by atoms with Crippen molar-refractivity contribution in [1.29, 1.82) is 0 Å². The van der Waals surface area contributed by atoms with Gasteiger partial charge in [-0.1, -0.05) is 0 Å². The van der Waals surface area contributed by atoms with Gasteiger partial charge in [-0.15, -0.1) is 0 Å². The van der Waals surface area contributed by atoms with E-state index in [1.807, 2.05) is 0 Å². The first kappa shape index (κ1) is 39.5. The number of nitrogens with one attached hydrogen (secondary N) is 1. The molecule has 20 heteroatoms. The molecule has 3 saturated heterocycles. The number of hydrogen-bond acceptors (Lipinski definition) is 19. The molecule has 0 aromatic rings. The second-order valence-corrected chi connectivity index (χ2v) is 13.3. The van der Waals surface area contributed by atoms with E-state index in [4.69, 9.17) is 58.1 Å². The topological polar surface area (TPSA) is 373 Å². The molecule has 20 N–H and O–H groups in total. The average molecular weight is 698 g/mol. The van der Waals surface area contributed by atoms with Gasteiger partial charge in [-0.2, -0.15) is 0 Å². The van der Waals surface area contributed by atoms with Crippen molar-refractivity contribution in [2.75, 3.05) is 19.7 Å². The quantitative estimate of drug-likeness (QED) is 0.0900. The lowest BCUT2D eigenvalue weighted by molar-refractivity contribution is -0.281. The van der Waals surface area contributed by atoms with Crippen LogP contribution in [-0.4, -0.2) is 177 Å². The maximum Gasteiger partial charge on any atom is 0.249 e. The third-order valence-electron chi connectivity index (χ3n) is 9.88. The van der Waals surface area contributed by atoms with E-state index < -0.39 is 134 Å². The van der Waals surface area contributed by atoms with Gasteiger partial charge in [-0.25, -0.2) is 0 Å². The highest BCUT2D eigenvalue weighted by molar-refractivity contribution is 5.80. The molecule has 20 atom stereocenters. The zero-order valence-corrected chi connectivity index (χ0v) is 26.8. The number of rotatable bonds is 12. The minimum Gasteiger partial charge on any atom is -0.394 e. The van der Waals surface area contributed by atoms with Crippen LogP contribution in [-0.2, 0) is 28.5 Å². The number of carbonyl (C=O) groups is 1. The molecule has 0 bridgehead atoms. The summed E-state index contributed by atoms with van der Waals surface area (Å²) in [6.45, 7) is 0.871. The lowest BCUT2D eigenvalue weighted by atomic mass is 9.70. The number of carbonyl (C=O) groups excluding carboxylic acids is 1. The van der Waals surface area contributed by atoms with Crippen LogP contribution in [0.3, 0.4) is 0 Å². The third kappa shape index (κ3) is 8.11. The standard InChI is InChI=1S/C28H55N7O13/c1-8(31)11-3-2-9(32)23(44-11)14-15(33)19(39)17(35-26(43)10(37)4-5-29)21(41)25(14)48-28-22(42)24(13(7-36)46-28)47-27-16(34)20(40)18(38)12(6-30)45-27/h8-25,27-28,36-42H,2-7,29-34H2,1H3,(H,35,43)/t8-,9-,10+,11+,12+,13?,14?,15-,16-,17-,18-,19+,20-,21+,22-,23+,24-,25+,27-,28+/m1/s1. The van der Waals surface area contributed by atoms with Crippen molar-refractivity contribution >= 4 is 5.91 Å². The van der Waals surface area contributed by atoms with Gasteiger partial charge in [0.25, 0.3) is 0 Å². The number of ether oxygens (including phenoxy) is 5. The zero-order chi connectivity index (χ0) is 35.6. The largest absolute Gasteiger partial charge is 0.394 e. The van der Waals surface area contributed by atoms with Crippen molar-refractivity contribution in [3.05, 3.63) is 0 Å². The molecule has 4 aliphatic rings. The molecule has 1 aliphatic carbocycles. The summed E-state index contributed by atoms with van der Waals surface area (Å²) in [5.41, 5.74) is 36.3. The maximum absolute atomic E-state index is 12.7. The average Bonchev–Trinajstić information content (AvgIpc) is 3.35. The van der Waals surface area contributed by atoms with Crippen LogP contribution in [0.15, 0.2) is 0 Å². The van der Waals surface area contributed by atoms with E-state index in [-0.39, 0.29) is 19.5 Å². The summed E-state index contributed by atoms with van der Waals surface area (Å²) in [4.78, 5) is 12.7. The van der Waals surface area contributed by atoms with Crippen LogP contribution in [0.1, 0.15) is 26.2 Å². The van der Waals surface area contributed by atoms with Crippen LogP contribution in [0.2, 0.25) is 0 Å². The summed E-state index contributed by atoms with van der Waals surface area (Å²) in [6, 6.07) is -5.04. The van der Waals surface area contributed by atoms with Gasteiger partial charge >= 0.3 is 0 Å². The van der Waals surface area contributed by atoms with Crippen LogP contribution in [0.25, 0.3) is 0 Å². The first-order valence-electron chi connectivity index (χ1n) is 16.4. The number of nitrogens with two attached hydrogens (primary N) is 6. The van der Waals surface area contributed by atoms with E-state index in [0.29, 0.717) is 12.8 Å². The Morgan fingerprint density at radius 3 is 2.10 bits per heavy atom. The van der Waals surface area contributed by atoms with Crippen molar-refractivity contribution in [2.24, 2.45) is 40.3 Å². The maximum atomic E-state index is 12.7. The first-order chi connectivity index (χ1) is 22.7. The Labute approximate surface area is 277 Å². The molecule has 0 aromatic carbocycles. The Kier molecular flexibility index (Phi) is 13.9. The van der Waals surface area contributed by atoms with Crippen molar-refractivity contribution in [3.63, 3.8) is 0 Å². The molecule has 280 valence electrons. The smallest absolute Gasteiger partial charge is 0.249 e. The fraction of sp³-hybridized carbons (Fsp3) is 0.964. The van der Waals surface area contributed by atoms with Gasteiger partial charge in [-0.3, -0.25) is 4.79 Å². The van der Waals surface area contributed by atoms with Gasteiger partial charge in [0, 0.05) is 30.6 Å². The highest BCUT2D eigenvalue weighted by atomic mass is 16.7. The SMILES string of the molecule is C[C@@H](N)[C@@H]1CC[C@@H](N)[C@@H](C2[C@@H](N)[C@H](O)[C@@H](NC(=O)[C@@H](O)CCN)[C@H](O)[C@H]2O[C@@H]2OC(CO)[C@@H](O[C@H]3O[C@@H](CN)[C@@H](O)[C@H](O)[C@H]3N)[C@H]2O)O1. The van der Waals surface area contributed by atoms with Crippen molar-refractivity contribution in [2.45, 2.75) is 142 Å². The molecule has 0 radical (unpaired) electrons. The van der Waals surface area contributed by atoms with Gasteiger partial charge in [0.1, 0.15) is 48.8 Å². The van der Waals surface area contributed by atoms with Gasteiger partial charge in [0.2, 0.25) is 5.91 Å². The first-order valence-corrected chi connectivity index (χ1v) is 16.4. The molecule has 2 unspecified atom stereocenters. The molecule has 0 aromatic heterocycles. The summed E-state index contributed by atoms with van der Waals surface area (Å²) in [5.74, 6) is -1.98. The summed E-state index contributed by atoms with van der Waals surface area (Å²) in [6.07, 6.45) is -18.0. The Bertz CT molecular complexity index is 1040. The predicted molar refractivity (Wildman–Crippen MR) is 164 cm³/mol. The number of amides is 1. The van der Waals surface area contributed by atoms with E-state index in [1.54, 1.807) is 6.92 Å². The molecule has 1 saturated carbocycles. The predicted octanol–water partition coefficient (Wildman–Crippen LogP) is -8.34. The monoisotopic (exact) mass is 697 g/mol. The van der Waals surface area contributed by atoms with Crippen LogP contribution in [0.4, 0.5) is 0 Å². The molecular formula is C28H55N7O13. The fourth-order valence-corrected chi connectivity index (χ4v) is 6.98. The Morgan fingerprint density at radius 2 is 1.50 bits per heavy atom. The number of hydrogen-bond donors (Lipinski definition) is 14. The molecular weight excluding hydrogens is 642 g/mol. The molecule has 1 amide bonds. The summed E-state index contributed by atoms with van der Waals surface area (Å²) in [7, 11) is 0. The molecule has 3 heterocycles. The summed E-state index contributed by atoms with van der Waals surface area (Å²) >= 11 is 0. The molecule has 4 rings (SSSR count). The second-order valence-electron chi connectivity index (χ2n) is 13.3. The normalized spacial score (nSPS) is 48.2. The van der Waals surface area contributed by atoms with Crippen LogP contribution < -0.4 is 39.7 Å². The van der Waals surface area contributed by atoms with Gasteiger partial charge in [-0.05, 0) is 32.7 Å². The van der Waals surface area contributed by atoms with Crippen molar-refractivity contribution in [3.8, 4) is 0 Å². The molecule has 0 spiro atoms. The minimum atomic E-state index is -1.73. The lowest BCUT2D eigenvalue weighted by Gasteiger charge is -2.52.